The first-order valence-corrected chi connectivity index (χ1v) is 10.5. The fourth-order valence-corrected chi connectivity index (χ4v) is 4.42. The molecule has 6 heteroatoms. The molecule has 2 aromatic carbocycles. The third-order valence-corrected chi connectivity index (χ3v) is 6.41. The number of fused-ring (bicyclic) bond motifs is 1. The quantitative estimate of drug-likeness (QED) is 0.566. The van der Waals surface area contributed by atoms with Crippen LogP contribution in [0.15, 0.2) is 60.8 Å². The van der Waals surface area contributed by atoms with Gasteiger partial charge in [0.2, 0.25) is 0 Å². The fraction of sp³-hybridized carbons (Fsp3) is 0.0625. The molecule has 1 unspecified atom stereocenters. The number of rotatable bonds is 4. The average molecular weight is 347 g/mol. The van der Waals surface area contributed by atoms with Crippen LogP contribution in [0.3, 0.4) is 0 Å². The molecule has 0 aliphatic carbocycles. The van der Waals surface area contributed by atoms with Gasteiger partial charge in [-0.05, 0) is 48.2 Å². The van der Waals surface area contributed by atoms with Crippen molar-refractivity contribution in [2.45, 2.75) is 0 Å². The third-order valence-electron chi connectivity index (χ3n) is 3.22. The first-order valence-electron chi connectivity index (χ1n) is 6.61. The molecule has 1 aromatic heterocycles. The number of hydrogen-bond donors (Lipinski definition) is 1. The summed E-state index contributed by atoms with van der Waals surface area (Å²) >= 11 is 10.2. The summed E-state index contributed by atoms with van der Waals surface area (Å²) in [5.74, 6) is 1.44. The highest BCUT2D eigenvalue weighted by Gasteiger charge is 2.18. The van der Waals surface area contributed by atoms with Crippen LogP contribution in [-0.4, -0.2) is 12.1 Å². The Labute approximate surface area is 139 Å². The van der Waals surface area contributed by atoms with Crippen molar-refractivity contribution in [2.75, 3.05) is 7.11 Å². The predicted octanol–water partition coefficient (Wildman–Crippen LogP) is 4.19. The molecule has 0 radical (unpaired) electrons. The second kappa shape index (κ2) is 6.29. The molecule has 0 bridgehead atoms. The van der Waals surface area contributed by atoms with E-state index in [4.69, 9.17) is 21.1 Å². The maximum atomic E-state index is 6.06. The highest BCUT2D eigenvalue weighted by atomic mass is 32.9. The van der Waals surface area contributed by atoms with Gasteiger partial charge < -0.3 is 9.26 Å². The van der Waals surface area contributed by atoms with Gasteiger partial charge in [-0.25, -0.2) is 0 Å². The van der Waals surface area contributed by atoms with E-state index in [2.05, 4.69) is 17.2 Å². The zero-order chi connectivity index (χ0) is 15.6. The molecule has 112 valence electrons. The van der Waals surface area contributed by atoms with Crippen molar-refractivity contribution < 1.29 is 9.26 Å². The summed E-state index contributed by atoms with van der Waals surface area (Å²) in [7, 11) is 1.63. The number of nitrogens with zero attached hydrogens (tertiary/aromatic N) is 1. The maximum absolute atomic E-state index is 6.06. The van der Waals surface area contributed by atoms with Gasteiger partial charge in [0.15, 0.2) is 11.2 Å². The van der Waals surface area contributed by atoms with Crippen molar-refractivity contribution in [1.29, 1.82) is 0 Å². The van der Waals surface area contributed by atoms with Crippen LogP contribution in [0.5, 0.6) is 11.5 Å². The summed E-state index contributed by atoms with van der Waals surface area (Å²) in [5, 5.41) is 1.89. The number of aromatic nitrogens is 1. The second-order valence-corrected chi connectivity index (χ2v) is 10.4. The summed E-state index contributed by atoms with van der Waals surface area (Å²) in [5.41, 5.74) is -1.68. The van der Waals surface area contributed by atoms with Crippen LogP contribution in [0.25, 0.3) is 10.9 Å². The van der Waals surface area contributed by atoms with E-state index in [1.807, 2.05) is 54.6 Å². The molecule has 3 nitrogen and oxygen atoms in total. The topological polar surface area (TPSA) is 31.4 Å². The fourth-order valence-electron chi connectivity index (χ4n) is 2.11. The third kappa shape index (κ3) is 3.12. The molecule has 3 aromatic rings. The van der Waals surface area contributed by atoms with Gasteiger partial charge in [-0.1, -0.05) is 30.4 Å². The Balaban J connectivity index is 1.97. The summed E-state index contributed by atoms with van der Waals surface area (Å²) in [6, 6.07) is 17.2. The van der Waals surface area contributed by atoms with Gasteiger partial charge in [0.25, 0.3) is 0 Å². The summed E-state index contributed by atoms with van der Waals surface area (Å²) in [6.45, 7) is 0. The smallest absolute Gasteiger partial charge is 0.193 e. The lowest BCUT2D eigenvalue weighted by Gasteiger charge is -2.19. The number of methoxy groups -OCH3 is 1. The van der Waals surface area contributed by atoms with Crippen LogP contribution < -0.4 is 14.6 Å². The Kier molecular flexibility index (Phi) is 4.39. The van der Waals surface area contributed by atoms with E-state index in [1.54, 1.807) is 13.3 Å². The molecular weight excluding hydrogens is 333 g/mol. The van der Waals surface area contributed by atoms with E-state index in [1.165, 1.54) is 0 Å². The monoisotopic (exact) mass is 347 g/mol. The van der Waals surface area contributed by atoms with Crippen molar-refractivity contribution in [1.82, 2.24) is 4.98 Å². The van der Waals surface area contributed by atoms with Crippen LogP contribution in [0.2, 0.25) is 0 Å². The molecule has 0 spiro atoms. The predicted molar refractivity (Wildman–Crippen MR) is 98.3 cm³/mol. The van der Waals surface area contributed by atoms with E-state index in [0.29, 0.717) is 5.75 Å². The second-order valence-electron chi connectivity index (χ2n) is 4.64. The van der Waals surface area contributed by atoms with E-state index in [9.17, 15) is 0 Å². The van der Waals surface area contributed by atoms with Crippen molar-refractivity contribution in [3.05, 3.63) is 60.8 Å². The molecule has 22 heavy (non-hydrogen) atoms. The Hall–Kier alpha value is -1.55. The van der Waals surface area contributed by atoms with Gasteiger partial charge in [0.05, 0.1) is 7.11 Å². The minimum absolute atomic E-state index is 0.659. The number of para-hydroxylation sites is 1. The van der Waals surface area contributed by atoms with Crippen molar-refractivity contribution >= 4 is 45.7 Å². The van der Waals surface area contributed by atoms with Crippen molar-refractivity contribution in [3.8, 4) is 11.5 Å². The minimum Gasteiger partial charge on any atom is -0.497 e. The van der Waals surface area contributed by atoms with Gasteiger partial charge >= 0.3 is 0 Å². The number of ether oxygens (including phenoxy) is 1. The number of thiol groups is 1. The van der Waals surface area contributed by atoms with Gasteiger partial charge in [0.1, 0.15) is 11.3 Å². The maximum Gasteiger partial charge on any atom is 0.193 e. The number of pyridine rings is 1. The normalized spacial score (nSPS) is 13.5. The zero-order valence-corrected chi connectivity index (χ0v) is 14.4. The Morgan fingerprint density at radius 1 is 1.05 bits per heavy atom. The molecule has 3 rings (SSSR count). The molecule has 1 atom stereocenters. The zero-order valence-electron chi connectivity index (χ0n) is 11.8. The summed E-state index contributed by atoms with van der Waals surface area (Å²) in [6.07, 6.45) is 1.74. The Bertz CT molecular complexity index is 847. The van der Waals surface area contributed by atoms with E-state index >= 15 is 0 Å². The molecule has 0 aliphatic heterocycles. The van der Waals surface area contributed by atoms with Crippen LogP contribution in [0.1, 0.15) is 0 Å². The van der Waals surface area contributed by atoms with Crippen LogP contribution in [0.4, 0.5) is 0 Å². The lowest BCUT2D eigenvalue weighted by molar-refractivity contribution is 0.415. The summed E-state index contributed by atoms with van der Waals surface area (Å²) < 4.78 is 11.2. The van der Waals surface area contributed by atoms with E-state index in [0.717, 1.165) is 22.0 Å². The summed E-state index contributed by atoms with van der Waals surface area (Å²) in [4.78, 5) is 4.38. The van der Waals surface area contributed by atoms with Gasteiger partial charge in [-0.3, -0.25) is 4.98 Å². The van der Waals surface area contributed by atoms with Crippen LogP contribution in [0, 0.1) is 0 Å². The Morgan fingerprint density at radius 3 is 2.50 bits per heavy atom. The molecule has 0 saturated heterocycles. The first-order chi connectivity index (χ1) is 10.6. The molecule has 0 fully saturated rings. The minimum atomic E-state index is -2.47. The van der Waals surface area contributed by atoms with Crippen LogP contribution >= 0.6 is 17.7 Å². The van der Waals surface area contributed by atoms with Gasteiger partial charge in [0, 0.05) is 16.9 Å². The molecule has 0 N–H and O–H groups in total. The lowest BCUT2D eigenvalue weighted by Crippen LogP contribution is -2.05. The largest absolute Gasteiger partial charge is 0.497 e. The molecule has 1 heterocycles. The standard InChI is InChI=1S/C16H14NO2PS2/c1-18-13-7-9-14(10-8-13)20(21,22)19-15-6-2-4-12-5-3-11-17-16(12)15/h2-11H,1H3,(H,21,22). The lowest BCUT2D eigenvalue weighted by atomic mass is 10.2. The Morgan fingerprint density at radius 2 is 1.77 bits per heavy atom. The van der Waals surface area contributed by atoms with E-state index < -0.39 is 5.47 Å². The van der Waals surface area contributed by atoms with Gasteiger partial charge in [-0.15, -0.1) is 0 Å². The van der Waals surface area contributed by atoms with E-state index in [-0.39, 0.29) is 0 Å². The van der Waals surface area contributed by atoms with Gasteiger partial charge in [-0.2, -0.15) is 0 Å². The molecule has 0 aliphatic rings. The SMILES string of the molecule is COc1ccc(P(=S)(S)Oc2cccc3cccnc23)cc1. The van der Waals surface area contributed by atoms with Crippen LogP contribution in [-0.2, 0) is 11.8 Å². The number of hydrogen-bond acceptors (Lipinski definition) is 4. The van der Waals surface area contributed by atoms with Crippen molar-refractivity contribution in [2.24, 2.45) is 0 Å². The average Bonchev–Trinajstić information content (AvgIpc) is 2.55. The van der Waals surface area contributed by atoms with Crippen molar-refractivity contribution in [3.63, 3.8) is 0 Å². The first kappa shape index (κ1) is 15.3. The highest BCUT2D eigenvalue weighted by Crippen LogP contribution is 2.51. The molecular formula is C16H14NO2PS2. The molecule has 0 amide bonds. The number of benzene rings is 2. The highest BCUT2D eigenvalue weighted by molar-refractivity contribution is 8.64. The molecule has 0 saturated carbocycles.